The summed E-state index contributed by atoms with van der Waals surface area (Å²) in [6.45, 7) is 2.65. The van der Waals surface area contributed by atoms with Crippen LogP contribution in [0.3, 0.4) is 0 Å². The fourth-order valence-electron chi connectivity index (χ4n) is 2.42. The maximum atomic E-state index is 13.5. The molecule has 118 valence electrons. The van der Waals surface area contributed by atoms with Gasteiger partial charge in [-0.2, -0.15) is 0 Å². The molecule has 1 aromatic carbocycles. The molecule has 1 fully saturated rings. The summed E-state index contributed by atoms with van der Waals surface area (Å²) in [6, 6.07) is 6.86. The Balaban J connectivity index is 1.69. The zero-order valence-electron chi connectivity index (χ0n) is 12.1. The number of likely N-dealkylation sites (tertiary alicyclic amines) is 1. The normalized spacial score (nSPS) is 18.0. The number of nitrogens with zero attached hydrogens (tertiary/aromatic N) is 1. The van der Waals surface area contributed by atoms with Crippen molar-refractivity contribution in [1.29, 1.82) is 0 Å². The van der Waals surface area contributed by atoms with Gasteiger partial charge in [0, 0.05) is 23.2 Å². The van der Waals surface area contributed by atoms with E-state index in [0.29, 0.717) is 4.90 Å². The molecular formula is C14H21FN2O2S2. The second-order valence-corrected chi connectivity index (χ2v) is 8.20. The van der Waals surface area contributed by atoms with Crippen LogP contribution >= 0.6 is 11.8 Å². The summed E-state index contributed by atoms with van der Waals surface area (Å²) in [5.41, 5.74) is 0. The molecule has 1 N–H and O–H groups in total. The van der Waals surface area contributed by atoms with Crippen molar-refractivity contribution in [2.45, 2.75) is 23.8 Å². The first kappa shape index (κ1) is 16.7. The quantitative estimate of drug-likeness (QED) is 0.809. The highest BCUT2D eigenvalue weighted by Crippen LogP contribution is 2.21. The van der Waals surface area contributed by atoms with Crippen LogP contribution in [0.1, 0.15) is 12.8 Å². The van der Waals surface area contributed by atoms with Crippen LogP contribution in [0.5, 0.6) is 0 Å². The highest BCUT2D eigenvalue weighted by atomic mass is 32.2. The summed E-state index contributed by atoms with van der Waals surface area (Å²) >= 11 is 1.52. The van der Waals surface area contributed by atoms with Gasteiger partial charge < -0.3 is 4.90 Å². The van der Waals surface area contributed by atoms with E-state index in [-0.39, 0.29) is 11.9 Å². The lowest BCUT2D eigenvalue weighted by Crippen LogP contribution is -2.44. The average Bonchev–Trinajstić information content (AvgIpc) is 2.41. The van der Waals surface area contributed by atoms with Crippen LogP contribution in [0.25, 0.3) is 0 Å². The van der Waals surface area contributed by atoms with Gasteiger partial charge in [-0.25, -0.2) is 17.5 Å². The molecule has 0 amide bonds. The molecule has 1 saturated heterocycles. The second kappa shape index (κ2) is 7.58. The number of thioether (sulfide) groups is 1. The Morgan fingerprint density at radius 3 is 2.62 bits per heavy atom. The largest absolute Gasteiger partial charge is 0.302 e. The van der Waals surface area contributed by atoms with Crippen LogP contribution in [0, 0.1) is 5.82 Å². The molecule has 4 nitrogen and oxygen atoms in total. The van der Waals surface area contributed by atoms with Crippen molar-refractivity contribution in [1.82, 2.24) is 9.62 Å². The van der Waals surface area contributed by atoms with Crippen LogP contribution < -0.4 is 4.72 Å². The molecule has 0 atom stereocenters. The summed E-state index contributed by atoms with van der Waals surface area (Å²) in [5.74, 6) is 0.670. The van der Waals surface area contributed by atoms with E-state index in [4.69, 9.17) is 0 Å². The van der Waals surface area contributed by atoms with Crippen molar-refractivity contribution in [3.63, 3.8) is 0 Å². The number of nitrogens with one attached hydrogen (secondary N) is 1. The lowest BCUT2D eigenvalue weighted by Gasteiger charge is -2.31. The lowest BCUT2D eigenvalue weighted by molar-refractivity contribution is 0.218. The van der Waals surface area contributed by atoms with Gasteiger partial charge in [-0.1, -0.05) is 12.1 Å². The van der Waals surface area contributed by atoms with Crippen LogP contribution in [0.4, 0.5) is 4.39 Å². The van der Waals surface area contributed by atoms with E-state index < -0.39 is 10.0 Å². The third kappa shape index (κ3) is 5.94. The molecule has 0 unspecified atom stereocenters. The summed E-state index contributed by atoms with van der Waals surface area (Å²) in [5, 5.41) is 0. The molecule has 0 radical (unpaired) electrons. The Kier molecular flexibility index (Phi) is 6.04. The molecule has 21 heavy (non-hydrogen) atoms. The van der Waals surface area contributed by atoms with Gasteiger partial charge in [-0.3, -0.25) is 0 Å². The molecule has 0 bridgehead atoms. The highest BCUT2D eigenvalue weighted by molar-refractivity contribution is 7.99. The number of sulfonamides is 1. The van der Waals surface area contributed by atoms with Crippen molar-refractivity contribution < 1.29 is 12.8 Å². The molecule has 0 spiro atoms. The van der Waals surface area contributed by atoms with E-state index >= 15 is 0 Å². The van der Waals surface area contributed by atoms with Gasteiger partial charge in [0.2, 0.25) is 10.0 Å². The maximum Gasteiger partial charge on any atom is 0.208 e. The number of rotatable bonds is 6. The first-order chi connectivity index (χ1) is 9.94. The van der Waals surface area contributed by atoms with Crippen molar-refractivity contribution >= 4 is 21.8 Å². The topological polar surface area (TPSA) is 49.4 Å². The van der Waals surface area contributed by atoms with Crippen LogP contribution in [0.15, 0.2) is 29.2 Å². The SMILES string of the molecule is CS(=O)(=O)NC1CCN(CCSc2ccccc2F)CC1. The van der Waals surface area contributed by atoms with Gasteiger partial charge in [-0.05, 0) is 38.1 Å². The van der Waals surface area contributed by atoms with E-state index in [9.17, 15) is 12.8 Å². The number of piperidine rings is 1. The Morgan fingerprint density at radius 1 is 1.33 bits per heavy atom. The Morgan fingerprint density at radius 2 is 2.00 bits per heavy atom. The minimum atomic E-state index is -3.11. The average molecular weight is 332 g/mol. The molecule has 7 heteroatoms. The Bertz CT molecular complexity index is 558. The predicted molar refractivity (Wildman–Crippen MR) is 84.6 cm³/mol. The van der Waals surface area contributed by atoms with Gasteiger partial charge in [0.1, 0.15) is 5.82 Å². The Labute approximate surface area is 130 Å². The van der Waals surface area contributed by atoms with Gasteiger partial charge in [0.05, 0.1) is 6.26 Å². The molecule has 0 saturated carbocycles. The highest BCUT2D eigenvalue weighted by Gasteiger charge is 2.21. The predicted octanol–water partition coefficient (Wildman–Crippen LogP) is 1.93. The summed E-state index contributed by atoms with van der Waals surface area (Å²) in [7, 11) is -3.11. The van der Waals surface area contributed by atoms with Crippen molar-refractivity contribution in [3.05, 3.63) is 30.1 Å². The van der Waals surface area contributed by atoms with E-state index in [2.05, 4.69) is 9.62 Å². The van der Waals surface area contributed by atoms with Gasteiger partial charge in [0.15, 0.2) is 0 Å². The summed E-state index contributed by atoms with van der Waals surface area (Å²) in [4.78, 5) is 2.99. The molecule has 2 rings (SSSR count). The first-order valence-corrected chi connectivity index (χ1v) is 9.89. The monoisotopic (exact) mass is 332 g/mol. The maximum absolute atomic E-state index is 13.5. The zero-order chi connectivity index (χ0) is 15.3. The van der Waals surface area contributed by atoms with Gasteiger partial charge in [0.25, 0.3) is 0 Å². The van der Waals surface area contributed by atoms with Crippen LogP contribution in [0.2, 0.25) is 0 Å². The standard InChI is InChI=1S/C14H21FN2O2S2/c1-21(18,19)16-12-6-8-17(9-7-12)10-11-20-14-5-3-2-4-13(14)15/h2-5,12,16H,6-11H2,1H3. The molecule has 1 aliphatic rings. The molecule has 1 aromatic rings. The van der Waals surface area contributed by atoms with Gasteiger partial charge in [-0.15, -0.1) is 11.8 Å². The van der Waals surface area contributed by atoms with E-state index in [1.165, 1.54) is 24.1 Å². The van der Waals surface area contributed by atoms with Gasteiger partial charge >= 0.3 is 0 Å². The zero-order valence-corrected chi connectivity index (χ0v) is 13.7. The molecular weight excluding hydrogens is 311 g/mol. The summed E-state index contributed by atoms with van der Waals surface area (Å²) < 4.78 is 38.5. The third-order valence-corrected chi connectivity index (χ3v) is 5.26. The fourth-order valence-corrected chi connectivity index (χ4v) is 4.21. The number of halogens is 1. The molecule has 1 aliphatic heterocycles. The number of hydrogen-bond acceptors (Lipinski definition) is 4. The third-order valence-electron chi connectivity index (χ3n) is 3.47. The first-order valence-electron chi connectivity index (χ1n) is 7.01. The minimum absolute atomic E-state index is 0.0514. The molecule has 1 heterocycles. The summed E-state index contributed by atoms with van der Waals surface area (Å²) in [6.07, 6.45) is 2.86. The molecule has 0 aromatic heterocycles. The fraction of sp³-hybridized carbons (Fsp3) is 0.571. The van der Waals surface area contributed by atoms with Crippen molar-refractivity contribution in [3.8, 4) is 0 Å². The van der Waals surface area contributed by atoms with Crippen LogP contribution in [-0.2, 0) is 10.0 Å². The minimum Gasteiger partial charge on any atom is -0.302 e. The number of benzene rings is 1. The van der Waals surface area contributed by atoms with Crippen molar-refractivity contribution in [2.75, 3.05) is 31.6 Å². The lowest BCUT2D eigenvalue weighted by atomic mass is 10.1. The van der Waals surface area contributed by atoms with E-state index in [1.807, 2.05) is 6.07 Å². The van der Waals surface area contributed by atoms with Crippen LogP contribution in [-0.4, -0.2) is 51.0 Å². The molecule has 0 aliphatic carbocycles. The smallest absolute Gasteiger partial charge is 0.208 e. The number of hydrogen-bond donors (Lipinski definition) is 1. The Hall–Kier alpha value is -0.630. The second-order valence-electron chi connectivity index (χ2n) is 5.28. The van der Waals surface area contributed by atoms with Crippen molar-refractivity contribution in [2.24, 2.45) is 0 Å². The van der Waals surface area contributed by atoms with E-state index in [1.54, 1.807) is 12.1 Å². The van der Waals surface area contributed by atoms with E-state index in [0.717, 1.165) is 38.2 Å².